The molecule has 0 spiro atoms. The SMILES string of the molecule is O=C(c1ccc(OC(F)(F)F)cc1)N1CCC(c2c[nH]c3ncc(NC4CCOC4)nc23)CC1. The largest absolute Gasteiger partial charge is 0.573 e. The number of aromatic amines is 1. The molecule has 11 heteroatoms. The van der Waals surface area contributed by atoms with Crippen LogP contribution in [-0.2, 0) is 4.74 Å². The summed E-state index contributed by atoms with van der Waals surface area (Å²) < 4.78 is 46.3. The number of hydrogen-bond donors (Lipinski definition) is 2. The lowest BCUT2D eigenvalue weighted by molar-refractivity contribution is -0.274. The molecule has 3 aromatic rings. The van der Waals surface area contributed by atoms with Gasteiger partial charge >= 0.3 is 6.36 Å². The first-order valence-electron chi connectivity index (χ1n) is 11.2. The Morgan fingerprint density at radius 3 is 2.62 bits per heavy atom. The smallest absolute Gasteiger partial charge is 0.406 e. The molecule has 2 aliphatic heterocycles. The fraction of sp³-hybridized carbons (Fsp3) is 0.435. The zero-order valence-corrected chi connectivity index (χ0v) is 18.3. The topological polar surface area (TPSA) is 92.4 Å². The quantitative estimate of drug-likeness (QED) is 0.578. The number of alkyl halides is 3. The van der Waals surface area contributed by atoms with Crippen molar-refractivity contribution in [1.29, 1.82) is 0 Å². The first-order valence-corrected chi connectivity index (χ1v) is 11.2. The molecule has 2 N–H and O–H groups in total. The summed E-state index contributed by atoms with van der Waals surface area (Å²) in [5, 5.41) is 3.37. The number of aromatic nitrogens is 3. The summed E-state index contributed by atoms with van der Waals surface area (Å²) in [6.07, 6.45) is 1.33. The average Bonchev–Trinajstić information content (AvgIpc) is 3.48. The Morgan fingerprint density at radius 2 is 1.94 bits per heavy atom. The third-order valence-corrected chi connectivity index (χ3v) is 6.25. The number of carbonyl (C=O) groups excluding carboxylic acids is 1. The van der Waals surface area contributed by atoms with Crippen molar-refractivity contribution in [2.45, 2.75) is 37.6 Å². The summed E-state index contributed by atoms with van der Waals surface area (Å²) in [6, 6.07) is 5.25. The summed E-state index contributed by atoms with van der Waals surface area (Å²) in [7, 11) is 0. The van der Waals surface area contributed by atoms with Gasteiger partial charge in [-0.15, -0.1) is 13.2 Å². The lowest BCUT2D eigenvalue weighted by Gasteiger charge is -2.32. The zero-order chi connectivity index (χ0) is 23.7. The van der Waals surface area contributed by atoms with E-state index in [9.17, 15) is 18.0 Å². The van der Waals surface area contributed by atoms with Crippen molar-refractivity contribution in [3.05, 3.63) is 47.8 Å². The number of hydrogen-bond acceptors (Lipinski definition) is 6. The number of amides is 1. The number of benzene rings is 1. The van der Waals surface area contributed by atoms with Crippen molar-refractivity contribution in [2.24, 2.45) is 0 Å². The molecular formula is C23H24F3N5O3. The molecule has 1 amide bonds. The number of fused-ring (bicyclic) bond motifs is 1. The van der Waals surface area contributed by atoms with Crippen LogP contribution in [0.1, 0.15) is 41.1 Å². The Balaban J connectivity index is 1.23. The highest BCUT2D eigenvalue weighted by Crippen LogP contribution is 2.33. The number of likely N-dealkylation sites (tertiary alicyclic amines) is 1. The Labute approximate surface area is 193 Å². The average molecular weight is 475 g/mol. The van der Waals surface area contributed by atoms with E-state index in [-0.39, 0.29) is 23.6 Å². The van der Waals surface area contributed by atoms with Gasteiger partial charge in [-0.3, -0.25) is 4.79 Å². The number of carbonyl (C=O) groups is 1. The molecule has 34 heavy (non-hydrogen) atoms. The number of ether oxygens (including phenoxy) is 2. The van der Waals surface area contributed by atoms with Gasteiger partial charge in [-0.2, -0.15) is 0 Å². The number of nitrogens with one attached hydrogen (secondary N) is 2. The second-order valence-corrected chi connectivity index (χ2v) is 8.54. The Kier molecular flexibility index (Phi) is 6.03. The highest BCUT2D eigenvalue weighted by molar-refractivity contribution is 5.94. The molecule has 5 rings (SSSR count). The standard InChI is InChI=1S/C23H24F3N5O3/c24-23(25,26)34-17-3-1-15(2-4-17)22(32)31-8-5-14(6-9-31)18-11-27-21-20(18)30-19(12-28-21)29-16-7-10-33-13-16/h1-4,11-12,14,16H,5-10,13H2,(H,27,28)(H,29,30). The maximum atomic E-state index is 12.8. The molecule has 0 bridgehead atoms. The molecule has 8 nitrogen and oxygen atoms in total. The molecule has 2 saturated heterocycles. The van der Waals surface area contributed by atoms with Crippen LogP contribution in [0.25, 0.3) is 11.2 Å². The molecule has 180 valence electrons. The number of anilines is 1. The van der Waals surface area contributed by atoms with Crippen molar-refractivity contribution < 1.29 is 27.4 Å². The fourth-order valence-corrected chi connectivity index (χ4v) is 4.52. The van der Waals surface area contributed by atoms with Crippen molar-refractivity contribution in [3.8, 4) is 5.75 Å². The molecule has 2 aliphatic rings. The Bertz CT molecular complexity index is 1150. The van der Waals surface area contributed by atoms with Crippen LogP contribution in [0, 0.1) is 0 Å². The van der Waals surface area contributed by atoms with Gasteiger partial charge in [0.05, 0.1) is 18.8 Å². The highest BCUT2D eigenvalue weighted by Gasteiger charge is 2.31. The fourth-order valence-electron chi connectivity index (χ4n) is 4.52. The summed E-state index contributed by atoms with van der Waals surface area (Å²) >= 11 is 0. The zero-order valence-electron chi connectivity index (χ0n) is 18.3. The molecular weight excluding hydrogens is 451 g/mol. The van der Waals surface area contributed by atoms with E-state index in [1.54, 1.807) is 11.1 Å². The molecule has 2 aromatic heterocycles. The van der Waals surface area contributed by atoms with Gasteiger partial charge in [0.15, 0.2) is 5.65 Å². The van der Waals surface area contributed by atoms with Crippen molar-refractivity contribution in [3.63, 3.8) is 0 Å². The van der Waals surface area contributed by atoms with Gasteiger partial charge < -0.3 is 24.7 Å². The van der Waals surface area contributed by atoms with Crippen LogP contribution in [0.5, 0.6) is 5.75 Å². The van der Waals surface area contributed by atoms with Gasteiger partial charge in [-0.05, 0) is 49.4 Å². The molecule has 2 fully saturated rings. The molecule has 1 atom stereocenters. The van der Waals surface area contributed by atoms with E-state index in [4.69, 9.17) is 9.72 Å². The van der Waals surface area contributed by atoms with E-state index >= 15 is 0 Å². The van der Waals surface area contributed by atoms with Crippen LogP contribution < -0.4 is 10.1 Å². The van der Waals surface area contributed by atoms with E-state index in [1.807, 2.05) is 6.20 Å². The van der Waals surface area contributed by atoms with Crippen LogP contribution >= 0.6 is 0 Å². The van der Waals surface area contributed by atoms with Gasteiger partial charge in [0.2, 0.25) is 0 Å². The maximum absolute atomic E-state index is 12.8. The molecule has 0 radical (unpaired) electrons. The number of halogens is 3. The minimum absolute atomic E-state index is 0.207. The first kappa shape index (κ1) is 22.5. The van der Waals surface area contributed by atoms with E-state index in [2.05, 4.69) is 20.0 Å². The van der Waals surface area contributed by atoms with Gasteiger partial charge in [-0.25, -0.2) is 9.97 Å². The minimum Gasteiger partial charge on any atom is -0.406 e. The van der Waals surface area contributed by atoms with Crippen LogP contribution in [0.15, 0.2) is 36.7 Å². The monoisotopic (exact) mass is 475 g/mol. The first-order chi connectivity index (χ1) is 16.4. The Hall–Kier alpha value is -3.34. The van der Waals surface area contributed by atoms with Crippen molar-refractivity contribution >= 4 is 22.9 Å². The normalized spacial score (nSPS) is 19.5. The van der Waals surface area contributed by atoms with Crippen molar-refractivity contribution in [2.75, 3.05) is 31.6 Å². The lowest BCUT2D eigenvalue weighted by atomic mass is 9.90. The third kappa shape index (κ3) is 4.93. The van der Waals surface area contributed by atoms with Gasteiger partial charge in [0, 0.05) is 37.0 Å². The Morgan fingerprint density at radius 1 is 1.18 bits per heavy atom. The van der Waals surface area contributed by atoms with E-state index in [0.717, 1.165) is 60.5 Å². The molecule has 0 saturated carbocycles. The third-order valence-electron chi connectivity index (χ3n) is 6.25. The second-order valence-electron chi connectivity index (χ2n) is 8.54. The van der Waals surface area contributed by atoms with E-state index in [1.165, 1.54) is 12.1 Å². The van der Waals surface area contributed by atoms with Crippen LogP contribution in [0.3, 0.4) is 0 Å². The highest BCUT2D eigenvalue weighted by atomic mass is 19.4. The molecule has 1 unspecified atom stereocenters. The summed E-state index contributed by atoms with van der Waals surface area (Å²) in [5.74, 6) is 0.382. The molecule has 0 aliphatic carbocycles. The van der Waals surface area contributed by atoms with Crippen LogP contribution in [0.4, 0.5) is 19.0 Å². The van der Waals surface area contributed by atoms with Gasteiger partial charge in [-0.1, -0.05) is 0 Å². The van der Waals surface area contributed by atoms with Crippen LogP contribution in [-0.4, -0.2) is 64.5 Å². The van der Waals surface area contributed by atoms with Gasteiger partial charge in [0.1, 0.15) is 17.1 Å². The number of rotatable bonds is 5. The lowest BCUT2D eigenvalue weighted by Crippen LogP contribution is -2.37. The number of piperidine rings is 1. The molecule has 1 aromatic carbocycles. The summed E-state index contributed by atoms with van der Waals surface area (Å²) in [6.45, 7) is 2.49. The maximum Gasteiger partial charge on any atom is 0.573 e. The minimum atomic E-state index is -4.76. The predicted molar refractivity (Wildman–Crippen MR) is 118 cm³/mol. The van der Waals surface area contributed by atoms with E-state index < -0.39 is 6.36 Å². The number of H-pyrrole nitrogens is 1. The van der Waals surface area contributed by atoms with Crippen LogP contribution in [0.2, 0.25) is 0 Å². The molecule has 4 heterocycles. The van der Waals surface area contributed by atoms with Gasteiger partial charge in [0.25, 0.3) is 5.91 Å². The predicted octanol–water partition coefficient (Wildman–Crippen LogP) is 4.08. The van der Waals surface area contributed by atoms with Crippen molar-refractivity contribution in [1.82, 2.24) is 19.9 Å². The summed E-state index contributed by atoms with van der Waals surface area (Å²) in [4.78, 5) is 27.0. The van der Waals surface area contributed by atoms with E-state index in [0.29, 0.717) is 25.3 Å². The number of nitrogens with zero attached hydrogens (tertiary/aromatic N) is 3. The second kappa shape index (κ2) is 9.13. The summed E-state index contributed by atoms with van der Waals surface area (Å²) in [5.41, 5.74) is 2.96.